The average Bonchev–Trinajstić information content (AvgIpc) is 2.50. The molecule has 3 nitrogen and oxygen atoms in total. The van der Waals surface area contributed by atoms with Crippen molar-refractivity contribution in [3.63, 3.8) is 0 Å². The summed E-state index contributed by atoms with van der Waals surface area (Å²) in [5, 5.41) is 7.91. The summed E-state index contributed by atoms with van der Waals surface area (Å²) in [6.45, 7) is 0. The Morgan fingerprint density at radius 2 is 2.45 bits per heavy atom. The van der Waals surface area contributed by atoms with Gasteiger partial charge in [-0.3, -0.25) is 0 Å². The molecule has 0 aliphatic rings. The molecule has 0 aliphatic carbocycles. The molecule has 0 radical (unpaired) electrons. The van der Waals surface area contributed by atoms with Gasteiger partial charge in [-0.05, 0) is 12.1 Å². The van der Waals surface area contributed by atoms with Gasteiger partial charge in [0.25, 0.3) is 0 Å². The number of fused-ring (bicyclic) bond motifs is 1. The summed E-state index contributed by atoms with van der Waals surface area (Å²) in [5.41, 5.74) is 1.41. The SMILES string of the molecule is N=Cc1cnc2occc2c1. The number of nitrogens with zero attached hydrogens (tertiary/aromatic N) is 1. The molecule has 0 fully saturated rings. The van der Waals surface area contributed by atoms with Gasteiger partial charge in [-0.1, -0.05) is 0 Å². The predicted molar refractivity (Wildman–Crippen MR) is 41.9 cm³/mol. The van der Waals surface area contributed by atoms with Crippen LogP contribution in [0.1, 0.15) is 5.56 Å². The number of aromatic nitrogens is 1. The summed E-state index contributed by atoms with van der Waals surface area (Å²) in [6, 6.07) is 3.69. The van der Waals surface area contributed by atoms with Gasteiger partial charge in [0, 0.05) is 23.4 Å². The smallest absolute Gasteiger partial charge is 0.225 e. The van der Waals surface area contributed by atoms with Gasteiger partial charge in [0.05, 0.1) is 6.26 Å². The molecule has 0 saturated heterocycles. The number of furan rings is 1. The van der Waals surface area contributed by atoms with Crippen LogP contribution in [0.25, 0.3) is 11.1 Å². The summed E-state index contributed by atoms with van der Waals surface area (Å²) < 4.78 is 5.03. The molecule has 11 heavy (non-hydrogen) atoms. The minimum absolute atomic E-state index is 0.621. The van der Waals surface area contributed by atoms with Crippen molar-refractivity contribution in [2.75, 3.05) is 0 Å². The number of rotatable bonds is 1. The highest BCUT2D eigenvalue weighted by atomic mass is 16.3. The Morgan fingerprint density at radius 3 is 3.27 bits per heavy atom. The normalized spacial score (nSPS) is 10.2. The molecule has 2 rings (SSSR count). The van der Waals surface area contributed by atoms with Crippen LogP contribution in [0.15, 0.2) is 29.0 Å². The first-order valence-electron chi connectivity index (χ1n) is 3.24. The van der Waals surface area contributed by atoms with E-state index in [9.17, 15) is 0 Å². The van der Waals surface area contributed by atoms with Crippen LogP contribution in [0, 0.1) is 5.41 Å². The van der Waals surface area contributed by atoms with E-state index < -0.39 is 0 Å². The van der Waals surface area contributed by atoms with Gasteiger partial charge >= 0.3 is 0 Å². The van der Waals surface area contributed by atoms with E-state index in [1.165, 1.54) is 6.21 Å². The van der Waals surface area contributed by atoms with E-state index in [1.807, 2.05) is 12.1 Å². The highest BCUT2D eigenvalue weighted by Gasteiger charge is 1.96. The molecule has 0 aromatic carbocycles. The third-order valence-corrected chi connectivity index (χ3v) is 1.49. The van der Waals surface area contributed by atoms with E-state index in [0.717, 1.165) is 10.9 Å². The van der Waals surface area contributed by atoms with Gasteiger partial charge in [0.2, 0.25) is 5.71 Å². The molecule has 2 heterocycles. The summed E-state index contributed by atoms with van der Waals surface area (Å²) >= 11 is 0. The maximum absolute atomic E-state index is 6.98. The van der Waals surface area contributed by atoms with Gasteiger partial charge < -0.3 is 9.83 Å². The molecule has 1 N–H and O–H groups in total. The fourth-order valence-corrected chi connectivity index (χ4v) is 0.955. The molecule has 0 bridgehead atoms. The van der Waals surface area contributed by atoms with Gasteiger partial charge in [-0.15, -0.1) is 0 Å². The lowest BCUT2D eigenvalue weighted by Crippen LogP contribution is -1.80. The molecular weight excluding hydrogens is 140 g/mol. The van der Waals surface area contributed by atoms with E-state index in [4.69, 9.17) is 9.83 Å². The van der Waals surface area contributed by atoms with Crippen molar-refractivity contribution in [1.29, 1.82) is 5.41 Å². The lowest BCUT2D eigenvalue weighted by atomic mass is 10.2. The second kappa shape index (κ2) is 2.20. The predicted octanol–water partition coefficient (Wildman–Crippen LogP) is 1.83. The fourth-order valence-electron chi connectivity index (χ4n) is 0.955. The second-order valence-electron chi connectivity index (χ2n) is 2.23. The first kappa shape index (κ1) is 6.09. The lowest BCUT2D eigenvalue weighted by Gasteiger charge is -1.88. The van der Waals surface area contributed by atoms with Gasteiger partial charge in [-0.2, -0.15) is 0 Å². The minimum atomic E-state index is 0.621. The number of pyridine rings is 1. The van der Waals surface area contributed by atoms with Crippen LogP contribution in [0.4, 0.5) is 0 Å². The molecule has 0 unspecified atom stereocenters. The Bertz CT molecular complexity index is 392. The number of nitrogens with one attached hydrogen (secondary N) is 1. The van der Waals surface area contributed by atoms with Crippen LogP contribution in [-0.4, -0.2) is 11.2 Å². The minimum Gasteiger partial charge on any atom is -0.446 e. The fraction of sp³-hybridized carbons (Fsp3) is 0. The Hall–Kier alpha value is -1.64. The maximum atomic E-state index is 6.98. The molecule has 0 aliphatic heterocycles. The summed E-state index contributed by atoms with van der Waals surface area (Å²) in [4.78, 5) is 3.99. The molecule has 0 atom stereocenters. The van der Waals surface area contributed by atoms with E-state index in [2.05, 4.69) is 4.98 Å². The van der Waals surface area contributed by atoms with Crippen LogP contribution < -0.4 is 0 Å². The van der Waals surface area contributed by atoms with E-state index in [1.54, 1.807) is 12.5 Å². The largest absolute Gasteiger partial charge is 0.446 e. The van der Waals surface area contributed by atoms with Crippen LogP contribution in [-0.2, 0) is 0 Å². The Kier molecular flexibility index (Phi) is 1.22. The maximum Gasteiger partial charge on any atom is 0.225 e. The molecule has 3 heteroatoms. The zero-order chi connectivity index (χ0) is 7.68. The van der Waals surface area contributed by atoms with Gasteiger partial charge in [-0.25, -0.2) is 4.98 Å². The summed E-state index contributed by atoms with van der Waals surface area (Å²) in [6.07, 6.45) is 4.46. The molecule has 0 amide bonds. The van der Waals surface area contributed by atoms with E-state index >= 15 is 0 Å². The third-order valence-electron chi connectivity index (χ3n) is 1.49. The topological polar surface area (TPSA) is 49.9 Å². The van der Waals surface area contributed by atoms with E-state index in [-0.39, 0.29) is 0 Å². The molecule has 2 aromatic rings. The first-order chi connectivity index (χ1) is 5.40. The van der Waals surface area contributed by atoms with Crippen LogP contribution in [0.5, 0.6) is 0 Å². The zero-order valence-electron chi connectivity index (χ0n) is 5.74. The van der Waals surface area contributed by atoms with Crippen LogP contribution >= 0.6 is 0 Å². The van der Waals surface area contributed by atoms with Crippen molar-refractivity contribution < 1.29 is 4.42 Å². The number of hydrogen-bond donors (Lipinski definition) is 1. The summed E-state index contributed by atoms with van der Waals surface area (Å²) in [7, 11) is 0. The van der Waals surface area contributed by atoms with E-state index in [0.29, 0.717) is 5.71 Å². The Balaban J connectivity index is 2.76. The van der Waals surface area contributed by atoms with Crippen molar-refractivity contribution in [3.05, 3.63) is 30.2 Å². The molecule has 54 valence electrons. The zero-order valence-corrected chi connectivity index (χ0v) is 5.74. The number of hydrogen-bond acceptors (Lipinski definition) is 3. The lowest BCUT2D eigenvalue weighted by molar-refractivity contribution is 0.603. The highest BCUT2D eigenvalue weighted by Crippen LogP contribution is 2.12. The quantitative estimate of drug-likeness (QED) is 0.624. The molecule has 0 saturated carbocycles. The standard InChI is InChI=1S/C8H6N2O/c9-4-6-3-7-1-2-11-8(7)10-5-6/h1-5,9H. The van der Waals surface area contributed by atoms with Crippen molar-refractivity contribution in [2.24, 2.45) is 0 Å². The Morgan fingerprint density at radius 1 is 1.55 bits per heavy atom. The average molecular weight is 146 g/mol. The first-order valence-corrected chi connectivity index (χ1v) is 3.24. The second-order valence-corrected chi connectivity index (χ2v) is 2.23. The van der Waals surface area contributed by atoms with Crippen molar-refractivity contribution in [1.82, 2.24) is 4.98 Å². The monoisotopic (exact) mass is 146 g/mol. The third kappa shape index (κ3) is 0.902. The summed E-state index contributed by atoms with van der Waals surface area (Å²) in [5.74, 6) is 0. The molecule has 0 spiro atoms. The van der Waals surface area contributed by atoms with Crippen LogP contribution in [0.2, 0.25) is 0 Å². The van der Waals surface area contributed by atoms with Gasteiger partial charge in [0.1, 0.15) is 0 Å². The van der Waals surface area contributed by atoms with Crippen LogP contribution in [0.3, 0.4) is 0 Å². The molecule has 2 aromatic heterocycles. The van der Waals surface area contributed by atoms with Crippen molar-refractivity contribution in [2.45, 2.75) is 0 Å². The van der Waals surface area contributed by atoms with Crippen molar-refractivity contribution >= 4 is 17.3 Å². The highest BCUT2D eigenvalue weighted by molar-refractivity contribution is 5.84. The van der Waals surface area contributed by atoms with Crippen molar-refractivity contribution in [3.8, 4) is 0 Å². The van der Waals surface area contributed by atoms with Gasteiger partial charge in [0.15, 0.2) is 0 Å². The Labute approximate surface area is 63.2 Å². The molecular formula is C8H6N2O.